The van der Waals surface area contributed by atoms with Gasteiger partial charge >= 0.3 is 11.9 Å². The normalized spacial score (nSPS) is 16.4. The molecule has 1 fully saturated rings. The van der Waals surface area contributed by atoms with E-state index in [-0.39, 0.29) is 5.91 Å². The summed E-state index contributed by atoms with van der Waals surface area (Å²) in [5.41, 5.74) is 2.26. The summed E-state index contributed by atoms with van der Waals surface area (Å²) in [4.78, 5) is 42.0. The Hall–Kier alpha value is -3.39. The maximum absolute atomic E-state index is 12.5. The number of carbonyl (C=O) groups excluding carboxylic acids is 3. The molecule has 1 amide bonds. The molecule has 8 heteroatoms. The summed E-state index contributed by atoms with van der Waals surface area (Å²) in [6, 6.07) is 13.4. The van der Waals surface area contributed by atoms with Gasteiger partial charge in [0.05, 0.1) is 35.9 Å². The van der Waals surface area contributed by atoms with Crippen molar-refractivity contribution in [2.75, 3.05) is 21.3 Å². The van der Waals surface area contributed by atoms with E-state index in [1.165, 1.54) is 30.9 Å². The average Bonchev–Trinajstić information content (AvgIpc) is 3.01. The summed E-state index contributed by atoms with van der Waals surface area (Å²) in [6.45, 7) is 0. The predicted molar refractivity (Wildman–Crippen MR) is 111 cm³/mol. The zero-order valence-corrected chi connectivity index (χ0v) is 16.9. The topological polar surface area (TPSA) is 85.3 Å². The smallest absolute Gasteiger partial charge is 0.337 e. The number of carbonyl (C=O) groups is 3. The zero-order chi connectivity index (χ0) is 21.0. The van der Waals surface area contributed by atoms with Crippen LogP contribution in [0.2, 0.25) is 0 Å². The van der Waals surface area contributed by atoms with E-state index in [1.54, 1.807) is 61.7 Å². The maximum atomic E-state index is 12.5. The SMILES string of the molecule is COC(=O)c1ccc(/C=C2/SC(=Nc3ccc(C(=O)OC)cc3)N(C)C2=O)cc1. The monoisotopic (exact) mass is 410 g/mol. The largest absolute Gasteiger partial charge is 0.465 e. The van der Waals surface area contributed by atoms with Crippen LogP contribution in [0.25, 0.3) is 6.08 Å². The molecule has 0 radical (unpaired) electrons. The number of hydrogen-bond acceptors (Lipinski definition) is 7. The van der Waals surface area contributed by atoms with E-state index in [0.717, 1.165) is 5.56 Å². The van der Waals surface area contributed by atoms with Gasteiger partial charge in [-0.1, -0.05) is 12.1 Å². The number of amides is 1. The van der Waals surface area contributed by atoms with Gasteiger partial charge in [-0.2, -0.15) is 0 Å². The molecule has 0 aliphatic carbocycles. The number of ether oxygens (including phenoxy) is 2. The second-order valence-electron chi connectivity index (χ2n) is 6.02. The van der Waals surface area contributed by atoms with Crippen molar-refractivity contribution in [3.05, 3.63) is 70.1 Å². The van der Waals surface area contributed by atoms with Crippen LogP contribution in [0, 0.1) is 0 Å². The first kappa shape index (κ1) is 20.3. The molecule has 1 aliphatic heterocycles. The average molecular weight is 410 g/mol. The maximum Gasteiger partial charge on any atom is 0.337 e. The van der Waals surface area contributed by atoms with Crippen molar-refractivity contribution in [1.29, 1.82) is 0 Å². The van der Waals surface area contributed by atoms with Crippen LogP contribution in [0.4, 0.5) is 5.69 Å². The molecule has 2 aromatic carbocycles. The number of rotatable bonds is 4. The lowest BCUT2D eigenvalue weighted by molar-refractivity contribution is -0.121. The number of thioether (sulfide) groups is 1. The van der Waals surface area contributed by atoms with Gasteiger partial charge in [0.2, 0.25) is 0 Å². The summed E-state index contributed by atoms with van der Waals surface area (Å²) in [6.07, 6.45) is 1.74. The lowest BCUT2D eigenvalue weighted by Crippen LogP contribution is -2.23. The molecular weight excluding hydrogens is 392 g/mol. The summed E-state index contributed by atoms with van der Waals surface area (Å²) >= 11 is 1.25. The summed E-state index contributed by atoms with van der Waals surface area (Å²) in [5, 5.41) is 0.526. The Bertz CT molecular complexity index is 1010. The van der Waals surface area contributed by atoms with Crippen LogP contribution in [-0.2, 0) is 14.3 Å². The Labute approximate surface area is 172 Å². The number of methoxy groups -OCH3 is 2. The molecule has 7 nitrogen and oxygen atoms in total. The van der Waals surface area contributed by atoms with Gasteiger partial charge in [-0.3, -0.25) is 9.69 Å². The van der Waals surface area contributed by atoms with Gasteiger partial charge in [-0.05, 0) is 59.8 Å². The molecule has 3 rings (SSSR count). The molecule has 1 heterocycles. The lowest BCUT2D eigenvalue weighted by Gasteiger charge is -2.07. The van der Waals surface area contributed by atoms with Gasteiger partial charge in [0.25, 0.3) is 5.91 Å². The molecule has 29 heavy (non-hydrogen) atoms. The number of nitrogens with zero attached hydrogens (tertiary/aromatic N) is 2. The van der Waals surface area contributed by atoms with E-state index in [1.807, 2.05) is 0 Å². The van der Waals surface area contributed by atoms with Crippen molar-refractivity contribution in [3.8, 4) is 0 Å². The van der Waals surface area contributed by atoms with Gasteiger partial charge in [-0.25, -0.2) is 14.6 Å². The highest BCUT2D eigenvalue weighted by Gasteiger charge is 2.30. The Balaban J connectivity index is 1.80. The minimum atomic E-state index is -0.421. The molecule has 1 aliphatic rings. The number of aliphatic imine (C=N–C) groups is 1. The molecule has 148 valence electrons. The molecule has 2 aromatic rings. The Morgan fingerprint density at radius 1 is 0.931 bits per heavy atom. The van der Waals surface area contributed by atoms with Crippen molar-refractivity contribution < 1.29 is 23.9 Å². The quantitative estimate of drug-likeness (QED) is 0.567. The number of amidine groups is 1. The van der Waals surface area contributed by atoms with Gasteiger partial charge in [0.15, 0.2) is 5.17 Å². The Kier molecular flexibility index (Phi) is 6.13. The van der Waals surface area contributed by atoms with Crippen LogP contribution < -0.4 is 0 Å². The third-order valence-electron chi connectivity index (χ3n) is 4.15. The van der Waals surface area contributed by atoms with E-state index in [9.17, 15) is 14.4 Å². The third-order valence-corrected chi connectivity index (χ3v) is 5.21. The molecule has 0 N–H and O–H groups in total. The molecule has 0 bridgehead atoms. The fourth-order valence-electron chi connectivity index (χ4n) is 2.54. The highest BCUT2D eigenvalue weighted by molar-refractivity contribution is 8.18. The van der Waals surface area contributed by atoms with E-state index < -0.39 is 11.9 Å². The van der Waals surface area contributed by atoms with Crippen molar-refractivity contribution in [1.82, 2.24) is 4.90 Å². The van der Waals surface area contributed by atoms with E-state index in [4.69, 9.17) is 0 Å². The highest BCUT2D eigenvalue weighted by Crippen LogP contribution is 2.33. The van der Waals surface area contributed by atoms with Gasteiger partial charge < -0.3 is 9.47 Å². The fourth-order valence-corrected chi connectivity index (χ4v) is 3.52. The number of hydrogen-bond donors (Lipinski definition) is 0. The van der Waals surface area contributed by atoms with Crippen LogP contribution in [0.15, 0.2) is 58.4 Å². The van der Waals surface area contributed by atoms with E-state index in [0.29, 0.717) is 26.9 Å². The third kappa shape index (κ3) is 4.55. The van der Waals surface area contributed by atoms with Crippen LogP contribution in [-0.4, -0.2) is 49.2 Å². The molecule has 0 spiro atoms. The van der Waals surface area contributed by atoms with Crippen LogP contribution in [0.3, 0.4) is 0 Å². The summed E-state index contributed by atoms with van der Waals surface area (Å²) < 4.78 is 9.35. The first-order chi connectivity index (χ1) is 13.9. The molecule has 1 saturated heterocycles. The van der Waals surface area contributed by atoms with Crippen LogP contribution in [0.5, 0.6) is 0 Å². The van der Waals surface area contributed by atoms with Crippen LogP contribution >= 0.6 is 11.8 Å². The lowest BCUT2D eigenvalue weighted by atomic mass is 10.1. The number of esters is 2. The second-order valence-corrected chi connectivity index (χ2v) is 7.03. The van der Waals surface area contributed by atoms with E-state index in [2.05, 4.69) is 14.5 Å². The van der Waals surface area contributed by atoms with Crippen LogP contribution in [0.1, 0.15) is 26.3 Å². The summed E-state index contributed by atoms with van der Waals surface area (Å²) in [5.74, 6) is -1.00. The number of benzene rings is 2. The summed E-state index contributed by atoms with van der Waals surface area (Å²) in [7, 11) is 4.30. The van der Waals surface area contributed by atoms with Gasteiger partial charge in [0, 0.05) is 7.05 Å². The first-order valence-corrected chi connectivity index (χ1v) is 9.37. The van der Waals surface area contributed by atoms with Crippen molar-refractivity contribution >= 4 is 46.5 Å². The minimum Gasteiger partial charge on any atom is -0.465 e. The fraction of sp³-hybridized carbons (Fsp3) is 0.143. The Morgan fingerprint density at radius 2 is 1.45 bits per heavy atom. The number of likely N-dealkylation sites (N-methyl/N-ethyl adjacent to an activating group) is 1. The first-order valence-electron chi connectivity index (χ1n) is 8.56. The predicted octanol–water partition coefficient (Wildman–Crippen LogP) is 3.49. The van der Waals surface area contributed by atoms with Crippen molar-refractivity contribution in [2.24, 2.45) is 4.99 Å². The molecule has 0 saturated carbocycles. The zero-order valence-electron chi connectivity index (χ0n) is 16.0. The highest BCUT2D eigenvalue weighted by atomic mass is 32.2. The molecule has 0 aromatic heterocycles. The minimum absolute atomic E-state index is 0.169. The standard InChI is InChI=1S/C21H18N2O5S/c1-23-18(24)17(12-13-4-6-14(7-5-13)19(25)27-2)29-21(23)22-16-10-8-15(9-11-16)20(26)28-3/h4-12H,1-3H3/b17-12+,22-21?. The van der Waals surface area contributed by atoms with Crippen molar-refractivity contribution in [3.63, 3.8) is 0 Å². The molecule has 0 atom stereocenters. The van der Waals surface area contributed by atoms with Gasteiger partial charge in [0.1, 0.15) is 0 Å². The van der Waals surface area contributed by atoms with Crippen molar-refractivity contribution in [2.45, 2.75) is 0 Å². The second kappa shape index (κ2) is 8.74. The van der Waals surface area contributed by atoms with E-state index >= 15 is 0 Å². The molecule has 0 unspecified atom stereocenters. The molecular formula is C21H18N2O5S. The Morgan fingerprint density at radius 3 is 1.97 bits per heavy atom. The van der Waals surface area contributed by atoms with Gasteiger partial charge in [-0.15, -0.1) is 0 Å².